The second-order valence-electron chi connectivity index (χ2n) is 9.24. The lowest BCUT2D eigenvalue weighted by molar-refractivity contribution is 0.0769. The van der Waals surface area contributed by atoms with Crippen molar-refractivity contribution in [3.8, 4) is 5.75 Å². The van der Waals surface area contributed by atoms with E-state index in [-0.39, 0.29) is 5.91 Å². The van der Waals surface area contributed by atoms with Crippen molar-refractivity contribution in [3.63, 3.8) is 0 Å². The van der Waals surface area contributed by atoms with E-state index in [0.717, 1.165) is 37.5 Å². The number of hydrogen-bond acceptors (Lipinski definition) is 3. The molecule has 3 aromatic carbocycles. The molecule has 0 aliphatic carbocycles. The molecule has 2 aliphatic heterocycles. The van der Waals surface area contributed by atoms with Crippen molar-refractivity contribution in [1.29, 1.82) is 0 Å². The number of nitrogens with zero attached hydrogens (tertiary/aromatic N) is 2. The van der Waals surface area contributed by atoms with Gasteiger partial charge in [-0.1, -0.05) is 60.7 Å². The number of benzene rings is 3. The topological polar surface area (TPSA) is 32.8 Å². The van der Waals surface area contributed by atoms with Gasteiger partial charge in [-0.15, -0.1) is 0 Å². The van der Waals surface area contributed by atoms with Crippen LogP contribution in [0, 0.1) is 0 Å². The summed E-state index contributed by atoms with van der Waals surface area (Å²) in [6.07, 6.45) is 2.35. The highest BCUT2D eigenvalue weighted by Crippen LogP contribution is 2.36. The third-order valence-corrected chi connectivity index (χ3v) is 7.41. The molecule has 0 radical (unpaired) electrons. The van der Waals surface area contributed by atoms with Crippen LogP contribution in [-0.4, -0.2) is 55.0 Å². The highest BCUT2D eigenvalue weighted by atomic mass is 16.5. The van der Waals surface area contributed by atoms with Crippen LogP contribution in [0.25, 0.3) is 0 Å². The lowest BCUT2D eigenvalue weighted by Crippen LogP contribution is -2.45. The summed E-state index contributed by atoms with van der Waals surface area (Å²) in [5.74, 6) is 1.85. The fourth-order valence-electron chi connectivity index (χ4n) is 5.56. The van der Waals surface area contributed by atoms with Crippen molar-refractivity contribution < 1.29 is 9.53 Å². The summed E-state index contributed by atoms with van der Waals surface area (Å²) in [5, 5.41) is 0. The van der Waals surface area contributed by atoms with Gasteiger partial charge in [-0.3, -0.25) is 9.69 Å². The standard InChI is InChI=1S/C29H32N2O2/c1-33-26-14-12-25(13-15-26)29(32)31-20-27(24-10-6-3-7-11-24)28(21-31)30-18-16-23(17-19-30)22-8-4-2-5-9-22/h2-15,23,27-28H,16-21H2,1H3/t27-,28+/m0/s1. The predicted molar refractivity (Wildman–Crippen MR) is 132 cm³/mol. The van der Waals surface area contributed by atoms with Gasteiger partial charge >= 0.3 is 0 Å². The van der Waals surface area contributed by atoms with E-state index in [1.807, 2.05) is 29.2 Å². The van der Waals surface area contributed by atoms with Crippen molar-refractivity contribution in [2.45, 2.75) is 30.7 Å². The van der Waals surface area contributed by atoms with Crippen molar-refractivity contribution in [2.24, 2.45) is 0 Å². The summed E-state index contributed by atoms with van der Waals surface area (Å²) in [6.45, 7) is 3.70. The Kier molecular flexibility index (Phi) is 6.45. The molecule has 170 valence electrons. The Hall–Kier alpha value is -3.11. The molecule has 5 rings (SSSR count). The molecule has 0 unspecified atom stereocenters. The van der Waals surface area contributed by atoms with E-state index in [4.69, 9.17) is 4.74 Å². The third kappa shape index (κ3) is 4.67. The Morgan fingerprint density at radius 2 is 1.39 bits per heavy atom. The molecule has 0 bridgehead atoms. The molecule has 0 spiro atoms. The molecule has 2 saturated heterocycles. The van der Waals surface area contributed by atoms with Gasteiger partial charge in [0.15, 0.2) is 0 Å². The summed E-state index contributed by atoms with van der Waals surface area (Å²) < 4.78 is 5.25. The molecule has 0 N–H and O–H groups in total. The maximum absolute atomic E-state index is 13.4. The van der Waals surface area contributed by atoms with Gasteiger partial charge in [0.05, 0.1) is 7.11 Å². The Balaban J connectivity index is 1.33. The van der Waals surface area contributed by atoms with E-state index in [1.165, 1.54) is 24.0 Å². The maximum Gasteiger partial charge on any atom is 0.253 e. The fourth-order valence-corrected chi connectivity index (χ4v) is 5.56. The van der Waals surface area contributed by atoms with Crippen LogP contribution in [0.5, 0.6) is 5.75 Å². The maximum atomic E-state index is 13.4. The minimum Gasteiger partial charge on any atom is -0.497 e. The summed E-state index contributed by atoms with van der Waals surface area (Å²) >= 11 is 0. The molecule has 2 fully saturated rings. The molecule has 33 heavy (non-hydrogen) atoms. The summed E-state index contributed by atoms with van der Waals surface area (Å²) in [7, 11) is 1.65. The lowest BCUT2D eigenvalue weighted by Gasteiger charge is -2.38. The minimum absolute atomic E-state index is 0.111. The zero-order chi connectivity index (χ0) is 22.6. The first-order valence-corrected chi connectivity index (χ1v) is 12.0. The lowest BCUT2D eigenvalue weighted by atomic mass is 9.87. The molecule has 4 nitrogen and oxygen atoms in total. The number of piperidine rings is 1. The summed E-state index contributed by atoms with van der Waals surface area (Å²) in [4.78, 5) is 18.0. The smallest absolute Gasteiger partial charge is 0.253 e. The number of likely N-dealkylation sites (tertiary alicyclic amines) is 2. The van der Waals surface area contributed by atoms with Gasteiger partial charge in [0.2, 0.25) is 0 Å². The molecule has 2 aliphatic rings. The zero-order valence-electron chi connectivity index (χ0n) is 19.3. The van der Waals surface area contributed by atoms with Crippen molar-refractivity contribution in [2.75, 3.05) is 33.3 Å². The molecule has 2 atom stereocenters. The number of methoxy groups -OCH3 is 1. The van der Waals surface area contributed by atoms with Crippen LogP contribution in [0.15, 0.2) is 84.9 Å². The van der Waals surface area contributed by atoms with E-state index in [1.54, 1.807) is 7.11 Å². The van der Waals surface area contributed by atoms with Gasteiger partial charge in [-0.25, -0.2) is 0 Å². The number of carbonyl (C=O) groups is 1. The summed E-state index contributed by atoms with van der Waals surface area (Å²) in [6, 6.07) is 29.5. The van der Waals surface area contributed by atoms with E-state index in [2.05, 4.69) is 65.6 Å². The Bertz CT molecular complexity index is 1040. The number of ether oxygens (including phenoxy) is 1. The van der Waals surface area contributed by atoms with E-state index >= 15 is 0 Å². The molecule has 0 aromatic heterocycles. The van der Waals surface area contributed by atoms with Gasteiger partial charge in [0, 0.05) is 30.6 Å². The average molecular weight is 441 g/mol. The van der Waals surface area contributed by atoms with Crippen LogP contribution in [-0.2, 0) is 0 Å². The van der Waals surface area contributed by atoms with Gasteiger partial charge < -0.3 is 9.64 Å². The largest absolute Gasteiger partial charge is 0.497 e. The van der Waals surface area contributed by atoms with Crippen LogP contribution >= 0.6 is 0 Å². The number of carbonyl (C=O) groups excluding carboxylic acids is 1. The highest BCUT2D eigenvalue weighted by molar-refractivity contribution is 5.94. The van der Waals surface area contributed by atoms with Gasteiger partial charge in [-0.2, -0.15) is 0 Å². The van der Waals surface area contributed by atoms with E-state index in [9.17, 15) is 4.79 Å². The highest BCUT2D eigenvalue weighted by Gasteiger charge is 2.40. The Labute approximate surface area is 196 Å². The van der Waals surface area contributed by atoms with Crippen LogP contribution in [0.1, 0.15) is 46.2 Å². The van der Waals surface area contributed by atoms with E-state index < -0.39 is 0 Å². The molecule has 1 amide bonds. The minimum atomic E-state index is 0.111. The first-order valence-electron chi connectivity index (χ1n) is 12.0. The first-order chi connectivity index (χ1) is 16.2. The average Bonchev–Trinajstić information content (AvgIpc) is 3.35. The van der Waals surface area contributed by atoms with Crippen LogP contribution in [0.3, 0.4) is 0 Å². The van der Waals surface area contributed by atoms with E-state index in [0.29, 0.717) is 17.9 Å². The molecule has 3 aromatic rings. The second kappa shape index (κ2) is 9.80. The van der Waals surface area contributed by atoms with Crippen molar-refractivity contribution in [3.05, 3.63) is 102 Å². The molecule has 0 saturated carbocycles. The molecular weight excluding hydrogens is 408 g/mol. The van der Waals surface area contributed by atoms with Crippen LogP contribution in [0.2, 0.25) is 0 Å². The third-order valence-electron chi connectivity index (χ3n) is 7.41. The van der Waals surface area contributed by atoms with Crippen LogP contribution < -0.4 is 4.74 Å². The molecule has 2 heterocycles. The second-order valence-corrected chi connectivity index (χ2v) is 9.24. The number of hydrogen-bond donors (Lipinski definition) is 0. The monoisotopic (exact) mass is 440 g/mol. The van der Waals surface area contributed by atoms with Gasteiger partial charge in [0.25, 0.3) is 5.91 Å². The van der Waals surface area contributed by atoms with Gasteiger partial charge in [0.1, 0.15) is 5.75 Å². The molecular formula is C29H32N2O2. The number of amides is 1. The van der Waals surface area contributed by atoms with Crippen molar-refractivity contribution >= 4 is 5.91 Å². The van der Waals surface area contributed by atoms with Crippen molar-refractivity contribution in [1.82, 2.24) is 9.80 Å². The first kappa shape index (κ1) is 21.7. The Morgan fingerprint density at radius 3 is 2.00 bits per heavy atom. The SMILES string of the molecule is COc1ccc(C(=O)N2C[C@@H](N3CCC(c4ccccc4)CC3)[C@H](c3ccccc3)C2)cc1. The van der Waals surface area contributed by atoms with Crippen LogP contribution in [0.4, 0.5) is 0 Å². The summed E-state index contributed by atoms with van der Waals surface area (Å²) in [5.41, 5.74) is 3.52. The zero-order valence-corrected chi connectivity index (χ0v) is 19.3. The predicted octanol–water partition coefficient (Wildman–Crippen LogP) is 5.18. The Morgan fingerprint density at radius 1 is 0.788 bits per heavy atom. The quantitative estimate of drug-likeness (QED) is 0.548. The number of rotatable bonds is 5. The fraction of sp³-hybridized carbons (Fsp3) is 0.345. The van der Waals surface area contributed by atoms with Gasteiger partial charge in [-0.05, 0) is 67.2 Å². The molecule has 4 heteroatoms. The normalized spacial score (nSPS) is 21.8.